The van der Waals surface area contributed by atoms with Gasteiger partial charge >= 0.3 is 0 Å². The summed E-state index contributed by atoms with van der Waals surface area (Å²) in [4.78, 5) is 0. The van der Waals surface area contributed by atoms with Crippen LogP contribution in [0, 0.1) is 6.92 Å². The molecule has 0 aliphatic heterocycles. The van der Waals surface area contributed by atoms with Gasteiger partial charge in [0.25, 0.3) is 0 Å². The highest BCUT2D eigenvalue weighted by Crippen LogP contribution is 2.34. The summed E-state index contributed by atoms with van der Waals surface area (Å²) in [6.07, 6.45) is 0. The lowest BCUT2D eigenvalue weighted by molar-refractivity contribution is 0.395. The van der Waals surface area contributed by atoms with Gasteiger partial charge in [-0.2, -0.15) is 0 Å². The predicted octanol–water partition coefficient (Wildman–Crippen LogP) is 4.08. The van der Waals surface area contributed by atoms with Gasteiger partial charge in [-0.25, -0.2) is 0 Å². The van der Waals surface area contributed by atoms with E-state index in [4.69, 9.17) is 9.47 Å². The first-order chi connectivity index (χ1) is 10.1. The van der Waals surface area contributed by atoms with Crippen molar-refractivity contribution in [1.29, 1.82) is 0 Å². The minimum absolute atomic E-state index is 0.0342. The maximum absolute atomic E-state index is 5.50. The fourth-order valence-electron chi connectivity index (χ4n) is 2.36. The first kappa shape index (κ1) is 15.9. The lowest BCUT2D eigenvalue weighted by Crippen LogP contribution is -2.18. The molecule has 1 atom stereocenters. The molecule has 0 saturated heterocycles. The zero-order chi connectivity index (χ0) is 15.4. The molecule has 0 amide bonds. The van der Waals surface area contributed by atoms with Crippen LogP contribution in [0.3, 0.4) is 0 Å². The molecule has 1 unspecified atom stereocenters. The number of aryl methyl sites for hydroxylation is 1. The number of hydrogen-bond acceptors (Lipinski definition) is 3. The molecule has 21 heavy (non-hydrogen) atoms. The van der Waals surface area contributed by atoms with E-state index < -0.39 is 0 Å². The maximum atomic E-state index is 5.50. The molecule has 0 bridgehead atoms. The first-order valence-electron chi connectivity index (χ1n) is 6.76. The van der Waals surface area contributed by atoms with Crippen molar-refractivity contribution in [3.8, 4) is 11.5 Å². The molecule has 0 aliphatic rings. The molecule has 3 nitrogen and oxygen atoms in total. The zero-order valence-corrected chi connectivity index (χ0v) is 14.3. The van der Waals surface area contributed by atoms with Crippen molar-refractivity contribution < 1.29 is 9.47 Å². The van der Waals surface area contributed by atoms with Crippen molar-refractivity contribution in [1.82, 2.24) is 5.32 Å². The lowest BCUT2D eigenvalue weighted by Gasteiger charge is -2.21. The fraction of sp³-hybridized carbons (Fsp3) is 0.294. The van der Waals surface area contributed by atoms with Gasteiger partial charge in [0, 0.05) is 10.0 Å². The van der Waals surface area contributed by atoms with Crippen molar-refractivity contribution >= 4 is 15.9 Å². The van der Waals surface area contributed by atoms with Gasteiger partial charge in [-0.3, -0.25) is 0 Å². The Balaban J connectivity index is 2.51. The predicted molar refractivity (Wildman–Crippen MR) is 89.3 cm³/mol. The summed E-state index contributed by atoms with van der Waals surface area (Å²) in [6.45, 7) is 2.08. The van der Waals surface area contributed by atoms with Crippen molar-refractivity contribution in [2.45, 2.75) is 13.0 Å². The van der Waals surface area contributed by atoms with Gasteiger partial charge in [-0.1, -0.05) is 28.1 Å². The monoisotopic (exact) mass is 349 g/mol. The number of hydrogen-bond donors (Lipinski definition) is 1. The minimum Gasteiger partial charge on any atom is -0.497 e. The fourth-order valence-corrected chi connectivity index (χ4v) is 2.75. The molecule has 2 aromatic rings. The van der Waals surface area contributed by atoms with E-state index in [-0.39, 0.29) is 6.04 Å². The highest BCUT2D eigenvalue weighted by Gasteiger charge is 2.18. The molecular formula is C17H20BrNO2. The number of nitrogens with one attached hydrogen (secondary N) is 1. The van der Waals surface area contributed by atoms with Gasteiger partial charge in [-0.15, -0.1) is 0 Å². The highest BCUT2D eigenvalue weighted by atomic mass is 79.9. The highest BCUT2D eigenvalue weighted by molar-refractivity contribution is 9.10. The third-order valence-electron chi connectivity index (χ3n) is 3.57. The molecular weight excluding hydrogens is 330 g/mol. The van der Waals surface area contributed by atoms with Gasteiger partial charge < -0.3 is 14.8 Å². The number of methoxy groups -OCH3 is 2. The second-order valence-electron chi connectivity index (χ2n) is 4.84. The second-order valence-corrected chi connectivity index (χ2v) is 5.69. The summed E-state index contributed by atoms with van der Waals surface area (Å²) in [6, 6.07) is 12.2. The van der Waals surface area contributed by atoms with Crippen LogP contribution in [0.1, 0.15) is 22.7 Å². The SMILES string of the molecule is CNC(c1ccc(C)c(Br)c1)c1cc(OC)ccc1OC. The second kappa shape index (κ2) is 6.96. The van der Waals surface area contributed by atoms with E-state index in [1.54, 1.807) is 14.2 Å². The average molecular weight is 350 g/mol. The Bertz CT molecular complexity index is 628. The number of halogens is 1. The van der Waals surface area contributed by atoms with Crippen LogP contribution in [-0.2, 0) is 0 Å². The Morgan fingerprint density at radius 1 is 1.05 bits per heavy atom. The number of benzene rings is 2. The van der Waals surface area contributed by atoms with E-state index in [1.807, 2.05) is 25.2 Å². The molecule has 0 aromatic heterocycles. The molecule has 0 heterocycles. The van der Waals surface area contributed by atoms with Crippen molar-refractivity contribution in [3.63, 3.8) is 0 Å². The standard InChI is InChI=1S/C17H20BrNO2/c1-11-5-6-12(9-15(11)18)17(19-2)14-10-13(20-3)7-8-16(14)21-4/h5-10,17,19H,1-4H3. The first-order valence-corrected chi connectivity index (χ1v) is 7.55. The van der Waals surface area contributed by atoms with E-state index >= 15 is 0 Å². The molecule has 0 radical (unpaired) electrons. The van der Waals surface area contributed by atoms with Crippen LogP contribution in [0.25, 0.3) is 0 Å². The molecule has 2 rings (SSSR count). The summed E-state index contributed by atoms with van der Waals surface area (Å²) < 4.78 is 11.9. The summed E-state index contributed by atoms with van der Waals surface area (Å²) in [5, 5.41) is 3.35. The molecule has 0 saturated carbocycles. The quantitative estimate of drug-likeness (QED) is 0.881. The summed E-state index contributed by atoms with van der Waals surface area (Å²) in [5.74, 6) is 1.66. The average Bonchev–Trinajstić information content (AvgIpc) is 2.51. The zero-order valence-electron chi connectivity index (χ0n) is 12.7. The van der Waals surface area contributed by atoms with Crippen molar-refractivity contribution in [3.05, 3.63) is 57.6 Å². The smallest absolute Gasteiger partial charge is 0.124 e. The van der Waals surface area contributed by atoms with Crippen LogP contribution in [0.15, 0.2) is 40.9 Å². The van der Waals surface area contributed by atoms with Gasteiger partial charge in [0.15, 0.2) is 0 Å². The van der Waals surface area contributed by atoms with E-state index in [2.05, 4.69) is 46.4 Å². The van der Waals surface area contributed by atoms with E-state index in [0.717, 1.165) is 21.5 Å². The van der Waals surface area contributed by atoms with Gasteiger partial charge in [-0.05, 0) is 49.4 Å². The normalized spacial score (nSPS) is 12.0. The van der Waals surface area contributed by atoms with E-state index in [0.29, 0.717) is 0 Å². The maximum Gasteiger partial charge on any atom is 0.124 e. The molecule has 4 heteroatoms. The van der Waals surface area contributed by atoms with E-state index in [1.165, 1.54) is 11.1 Å². The Labute approximate surface area is 134 Å². The Morgan fingerprint density at radius 2 is 1.81 bits per heavy atom. The van der Waals surface area contributed by atoms with Crippen LogP contribution in [0.2, 0.25) is 0 Å². The van der Waals surface area contributed by atoms with Crippen molar-refractivity contribution in [2.24, 2.45) is 0 Å². The Morgan fingerprint density at radius 3 is 2.38 bits per heavy atom. The molecule has 0 fully saturated rings. The largest absolute Gasteiger partial charge is 0.497 e. The van der Waals surface area contributed by atoms with Crippen LogP contribution in [0.5, 0.6) is 11.5 Å². The molecule has 0 aliphatic carbocycles. The summed E-state index contributed by atoms with van der Waals surface area (Å²) >= 11 is 3.60. The molecule has 2 aromatic carbocycles. The van der Waals surface area contributed by atoms with Crippen LogP contribution >= 0.6 is 15.9 Å². The summed E-state index contributed by atoms with van der Waals surface area (Å²) in [5.41, 5.74) is 3.43. The molecule has 0 spiro atoms. The third-order valence-corrected chi connectivity index (χ3v) is 4.42. The van der Waals surface area contributed by atoms with Gasteiger partial charge in [0.05, 0.1) is 20.3 Å². The Hall–Kier alpha value is -1.52. The molecule has 112 valence electrons. The summed E-state index contributed by atoms with van der Waals surface area (Å²) in [7, 11) is 5.29. The van der Waals surface area contributed by atoms with Gasteiger partial charge in [0.1, 0.15) is 11.5 Å². The van der Waals surface area contributed by atoms with Gasteiger partial charge in [0.2, 0.25) is 0 Å². The number of rotatable bonds is 5. The van der Waals surface area contributed by atoms with Crippen LogP contribution in [-0.4, -0.2) is 21.3 Å². The lowest BCUT2D eigenvalue weighted by atomic mass is 9.97. The topological polar surface area (TPSA) is 30.5 Å². The number of ether oxygens (including phenoxy) is 2. The Kier molecular flexibility index (Phi) is 5.26. The van der Waals surface area contributed by atoms with Crippen molar-refractivity contribution in [2.75, 3.05) is 21.3 Å². The van der Waals surface area contributed by atoms with Crippen LogP contribution < -0.4 is 14.8 Å². The third kappa shape index (κ3) is 3.39. The minimum atomic E-state index is 0.0342. The van der Waals surface area contributed by atoms with E-state index in [9.17, 15) is 0 Å². The molecule has 1 N–H and O–H groups in total. The van der Waals surface area contributed by atoms with Crippen LogP contribution in [0.4, 0.5) is 0 Å².